The zero-order valence-electron chi connectivity index (χ0n) is 7.81. The molecule has 1 aromatic carbocycles. The van der Waals surface area contributed by atoms with Crippen LogP contribution in [0.15, 0.2) is 41.2 Å². The van der Waals surface area contributed by atoms with Gasteiger partial charge in [0.1, 0.15) is 0 Å². The number of para-hydroxylation sites is 1. The Balaban J connectivity index is 2.60. The number of rotatable bonds is 0. The molecule has 1 aliphatic rings. The molecule has 2 aromatic rings. The lowest BCUT2D eigenvalue weighted by Gasteiger charge is -2.06. The first-order chi connectivity index (χ1) is 7.27. The summed E-state index contributed by atoms with van der Waals surface area (Å²) in [4.78, 5) is 23.3. The van der Waals surface area contributed by atoms with E-state index in [9.17, 15) is 9.59 Å². The number of fused-ring (bicyclic) bond motifs is 3. The Bertz CT molecular complexity index is 665. The number of hydrogen-bond acceptors (Lipinski definition) is 2. The second-order valence-corrected chi connectivity index (χ2v) is 3.46. The molecule has 0 saturated carbocycles. The van der Waals surface area contributed by atoms with Gasteiger partial charge in [0.2, 0.25) is 0 Å². The molecule has 0 fully saturated rings. The van der Waals surface area contributed by atoms with Crippen molar-refractivity contribution in [3.05, 3.63) is 52.3 Å². The molecule has 1 aromatic heterocycles. The fourth-order valence-corrected chi connectivity index (χ4v) is 1.89. The zero-order chi connectivity index (χ0) is 10.4. The summed E-state index contributed by atoms with van der Waals surface area (Å²) in [5, 5.41) is 0.582. The van der Waals surface area contributed by atoms with Gasteiger partial charge in [-0.05, 0) is 18.2 Å². The molecule has 0 bridgehead atoms. The van der Waals surface area contributed by atoms with Crippen LogP contribution in [-0.2, 0) is 0 Å². The minimum atomic E-state index is -0.0961. The molecule has 72 valence electrons. The van der Waals surface area contributed by atoms with Crippen LogP contribution in [0.2, 0.25) is 0 Å². The molecular formula is C12H7NO2. The van der Waals surface area contributed by atoms with Gasteiger partial charge in [0.05, 0.1) is 11.2 Å². The van der Waals surface area contributed by atoms with Crippen LogP contribution in [-0.4, -0.2) is 10.5 Å². The molecule has 0 aliphatic carbocycles. The molecular weight excluding hydrogens is 190 g/mol. The Kier molecular flexibility index (Phi) is 1.45. The highest BCUT2D eigenvalue weighted by Gasteiger charge is 2.15. The maximum Gasteiger partial charge on any atom is 0.255 e. The first-order valence-electron chi connectivity index (χ1n) is 4.64. The van der Waals surface area contributed by atoms with Crippen molar-refractivity contribution in [2.75, 3.05) is 0 Å². The zero-order valence-corrected chi connectivity index (χ0v) is 7.81. The van der Waals surface area contributed by atoms with E-state index in [1.54, 1.807) is 28.8 Å². The molecule has 0 radical (unpaired) electrons. The van der Waals surface area contributed by atoms with Crippen LogP contribution in [0.4, 0.5) is 0 Å². The lowest BCUT2D eigenvalue weighted by atomic mass is 10.2. The molecule has 3 heteroatoms. The van der Waals surface area contributed by atoms with Gasteiger partial charge in [-0.25, -0.2) is 0 Å². The van der Waals surface area contributed by atoms with E-state index in [0.29, 0.717) is 16.6 Å². The average Bonchev–Trinajstić information content (AvgIpc) is 2.61. The quantitative estimate of drug-likeness (QED) is 0.644. The summed E-state index contributed by atoms with van der Waals surface area (Å²) < 4.78 is 1.55. The van der Waals surface area contributed by atoms with Crippen molar-refractivity contribution in [1.29, 1.82) is 0 Å². The third-order valence-corrected chi connectivity index (χ3v) is 2.56. The van der Waals surface area contributed by atoms with Gasteiger partial charge in [-0.1, -0.05) is 12.1 Å². The van der Waals surface area contributed by atoms with Crippen LogP contribution in [0.5, 0.6) is 0 Å². The van der Waals surface area contributed by atoms with Gasteiger partial charge >= 0.3 is 0 Å². The van der Waals surface area contributed by atoms with Crippen molar-refractivity contribution < 1.29 is 4.79 Å². The topological polar surface area (TPSA) is 39.1 Å². The average molecular weight is 197 g/mol. The molecule has 3 rings (SSSR count). The van der Waals surface area contributed by atoms with Gasteiger partial charge < -0.3 is 0 Å². The molecule has 0 saturated heterocycles. The summed E-state index contributed by atoms with van der Waals surface area (Å²) in [6, 6.07) is 8.62. The summed E-state index contributed by atoms with van der Waals surface area (Å²) in [7, 11) is 0. The Morgan fingerprint density at radius 3 is 2.67 bits per heavy atom. The van der Waals surface area contributed by atoms with Gasteiger partial charge in [-0.2, -0.15) is 0 Å². The number of pyridine rings is 1. The molecule has 0 unspecified atom stereocenters. The summed E-state index contributed by atoms with van der Waals surface area (Å²) >= 11 is 0. The molecule has 0 amide bonds. The fourth-order valence-electron chi connectivity index (χ4n) is 1.89. The molecule has 0 spiro atoms. The van der Waals surface area contributed by atoms with Gasteiger partial charge in [0, 0.05) is 17.5 Å². The van der Waals surface area contributed by atoms with Crippen molar-refractivity contribution in [3.8, 4) is 0 Å². The monoisotopic (exact) mass is 197 g/mol. The van der Waals surface area contributed by atoms with Crippen molar-refractivity contribution in [1.82, 2.24) is 4.57 Å². The summed E-state index contributed by atoms with van der Waals surface area (Å²) in [6.07, 6.45) is 3.14. The van der Waals surface area contributed by atoms with Gasteiger partial charge in [-0.3, -0.25) is 14.2 Å². The van der Waals surface area contributed by atoms with Gasteiger partial charge in [-0.15, -0.1) is 0 Å². The third-order valence-electron chi connectivity index (χ3n) is 2.56. The number of hydrogen-bond donors (Lipinski definition) is 0. The second-order valence-electron chi connectivity index (χ2n) is 3.46. The number of allylic oxidation sites excluding steroid dienone is 1. The van der Waals surface area contributed by atoms with Crippen LogP contribution in [0, 0.1) is 0 Å². The van der Waals surface area contributed by atoms with Crippen molar-refractivity contribution >= 4 is 22.9 Å². The maximum absolute atomic E-state index is 11.7. The summed E-state index contributed by atoms with van der Waals surface area (Å²) in [5.41, 5.74) is 1.29. The normalized spacial score (nSPS) is 13.5. The highest BCUT2D eigenvalue weighted by Crippen LogP contribution is 2.17. The Morgan fingerprint density at radius 2 is 1.80 bits per heavy atom. The SMILES string of the molecule is O=C1C=Cc2cc(=O)c3ccccc3n21. The molecule has 0 atom stereocenters. The van der Waals surface area contributed by atoms with Crippen LogP contribution in [0.3, 0.4) is 0 Å². The highest BCUT2D eigenvalue weighted by atomic mass is 16.2. The first kappa shape index (κ1) is 8.17. The van der Waals surface area contributed by atoms with Crippen LogP contribution in [0.25, 0.3) is 17.0 Å². The molecule has 15 heavy (non-hydrogen) atoms. The van der Waals surface area contributed by atoms with Crippen molar-refractivity contribution in [2.24, 2.45) is 0 Å². The van der Waals surface area contributed by atoms with Gasteiger partial charge in [0.25, 0.3) is 5.91 Å². The first-order valence-corrected chi connectivity index (χ1v) is 4.64. The van der Waals surface area contributed by atoms with Crippen LogP contribution in [0.1, 0.15) is 10.5 Å². The smallest absolute Gasteiger partial charge is 0.255 e. The van der Waals surface area contributed by atoms with Crippen molar-refractivity contribution in [3.63, 3.8) is 0 Å². The Hall–Kier alpha value is -2.16. The standard InChI is InChI=1S/C12H7NO2/c14-11-7-8-5-6-12(15)13(8)10-4-2-1-3-9(10)11/h1-7H. The fraction of sp³-hybridized carbons (Fsp3) is 0. The van der Waals surface area contributed by atoms with E-state index in [4.69, 9.17) is 0 Å². The second kappa shape index (κ2) is 2.67. The van der Waals surface area contributed by atoms with E-state index in [-0.39, 0.29) is 11.3 Å². The van der Waals surface area contributed by atoms with E-state index in [1.807, 2.05) is 6.07 Å². The number of benzene rings is 1. The number of carbonyl (C=O) groups is 1. The van der Waals surface area contributed by atoms with Crippen molar-refractivity contribution in [2.45, 2.75) is 0 Å². The van der Waals surface area contributed by atoms with Gasteiger partial charge in [0.15, 0.2) is 5.43 Å². The number of carbonyl (C=O) groups excluding carboxylic acids is 1. The Labute approximate surface area is 85.3 Å². The molecule has 2 heterocycles. The summed E-state index contributed by atoms with van der Waals surface area (Å²) in [5.74, 6) is -0.0961. The summed E-state index contributed by atoms with van der Waals surface area (Å²) in [6.45, 7) is 0. The van der Waals surface area contributed by atoms with Crippen LogP contribution < -0.4 is 5.43 Å². The molecule has 1 aliphatic heterocycles. The number of aromatic nitrogens is 1. The largest absolute Gasteiger partial charge is 0.289 e. The van der Waals surface area contributed by atoms with Crippen LogP contribution >= 0.6 is 0 Å². The predicted molar refractivity (Wildman–Crippen MR) is 57.9 cm³/mol. The van der Waals surface area contributed by atoms with E-state index in [2.05, 4.69) is 0 Å². The third kappa shape index (κ3) is 1.00. The highest BCUT2D eigenvalue weighted by molar-refractivity contribution is 6.04. The van der Waals surface area contributed by atoms with E-state index >= 15 is 0 Å². The molecule has 3 nitrogen and oxygen atoms in total. The minimum absolute atomic E-state index is 0.0452. The Morgan fingerprint density at radius 1 is 1.00 bits per heavy atom. The molecule has 0 N–H and O–H groups in total. The van der Waals surface area contributed by atoms with E-state index in [1.165, 1.54) is 12.1 Å². The van der Waals surface area contributed by atoms with E-state index in [0.717, 1.165) is 0 Å². The minimum Gasteiger partial charge on any atom is -0.289 e. The predicted octanol–water partition coefficient (Wildman–Crippen LogP) is 1.67. The lowest BCUT2D eigenvalue weighted by Crippen LogP contribution is -2.13. The van der Waals surface area contributed by atoms with E-state index < -0.39 is 0 Å². The lowest BCUT2D eigenvalue weighted by molar-refractivity contribution is 0.0978. The number of nitrogens with zero attached hydrogens (tertiary/aromatic N) is 1. The maximum atomic E-state index is 11.7.